The zero-order valence-electron chi connectivity index (χ0n) is 6.99. The number of aromatic nitrogens is 1. The summed E-state index contributed by atoms with van der Waals surface area (Å²) in [6.07, 6.45) is 2.15. The number of carboxylic acid groups (broad SMARTS) is 1. The summed E-state index contributed by atoms with van der Waals surface area (Å²) in [4.78, 5) is 14.9. The van der Waals surface area contributed by atoms with Gasteiger partial charge >= 0.3 is 5.97 Å². The summed E-state index contributed by atoms with van der Waals surface area (Å²) in [5.41, 5.74) is 1.93. The molecule has 0 unspecified atom stereocenters. The fourth-order valence-corrected chi connectivity index (χ4v) is 1.48. The first kappa shape index (κ1) is 8.19. The molecular formula is C9H9NO3. The number of hydrogen-bond acceptors (Lipinski definition) is 3. The number of aromatic carboxylic acids is 1. The average molecular weight is 179 g/mol. The minimum Gasteiger partial charge on any atom is -0.478 e. The van der Waals surface area contributed by atoms with E-state index in [-0.39, 0.29) is 0 Å². The maximum absolute atomic E-state index is 10.8. The van der Waals surface area contributed by atoms with Crippen LogP contribution in [0.4, 0.5) is 0 Å². The number of nitrogens with zero attached hydrogens (tertiary/aromatic N) is 1. The van der Waals surface area contributed by atoms with Crippen LogP contribution in [0, 0.1) is 0 Å². The van der Waals surface area contributed by atoms with Gasteiger partial charge in [0.05, 0.1) is 24.5 Å². The molecule has 0 atom stereocenters. The van der Waals surface area contributed by atoms with Gasteiger partial charge in [-0.1, -0.05) is 0 Å². The minimum absolute atomic E-state index is 0.355. The number of carboxylic acids is 1. The molecule has 68 valence electrons. The molecule has 0 bridgehead atoms. The topological polar surface area (TPSA) is 59.4 Å². The molecule has 0 fully saturated rings. The van der Waals surface area contributed by atoms with Gasteiger partial charge in [-0.3, -0.25) is 4.98 Å². The summed E-state index contributed by atoms with van der Waals surface area (Å²) in [6, 6.07) is 1.53. The van der Waals surface area contributed by atoms with Crippen molar-refractivity contribution in [1.29, 1.82) is 0 Å². The summed E-state index contributed by atoms with van der Waals surface area (Å²) in [6.45, 7) is 1.01. The standard InChI is InChI=1S/C9H9NO3/c11-9(12)7-1-3-10-8-5-13-4-2-6(7)8/h1,3H,2,4-5H2,(H,11,12). The third kappa shape index (κ3) is 1.40. The average Bonchev–Trinajstić information content (AvgIpc) is 2.17. The van der Waals surface area contributed by atoms with Gasteiger partial charge in [-0.2, -0.15) is 0 Å². The van der Waals surface area contributed by atoms with Crippen molar-refractivity contribution in [3.63, 3.8) is 0 Å². The van der Waals surface area contributed by atoms with E-state index >= 15 is 0 Å². The first-order valence-electron chi connectivity index (χ1n) is 4.07. The van der Waals surface area contributed by atoms with Crippen molar-refractivity contribution in [1.82, 2.24) is 4.98 Å². The molecule has 1 N–H and O–H groups in total. The van der Waals surface area contributed by atoms with Crippen molar-refractivity contribution in [2.75, 3.05) is 6.61 Å². The maximum Gasteiger partial charge on any atom is 0.336 e. The van der Waals surface area contributed by atoms with Crippen molar-refractivity contribution in [3.8, 4) is 0 Å². The van der Waals surface area contributed by atoms with Crippen LogP contribution in [0.15, 0.2) is 12.3 Å². The molecule has 0 aromatic carbocycles. The van der Waals surface area contributed by atoms with Gasteiger partial charge in [-0.15, -0.1) is 0 Å². The van der Waals surface area contributed by atoms with E-state index in [2.05, 4.69) is 4.98 Å². The Morgan fingerprint density at radius 1 is 1.62 bits per heavy atom. The lowest BCUT2D eigenvalue weighted by molar-refractivity contribution is 0.0689. The molecule has 0 saturated heterocycles. The lowest BCUT2D eigenvalue weighted by Gasteiger charge is -2.16. The van der Waals surface area contributed by atoms with Crippen LogP contribution in [0.3, 0.4) is 0 Å². The molecule has 4 heteroatoms. The highest BCUT2D eigenvalue weighted by atomic mass is 16.5. The Hall–Kier alpha value is -1.42. The number of hydrogen-bond donors (Lipinski definition) is 1. The molecule has 2 heterocycles. The van der Waals surface area contributed by atoms with E-state index in [9.17, 15) is 4.79 Å². The smallest absolute Gasteiger partial charge is 0.336 e. The fraction of sp³-hybridized carbons (Fsp3) is 0.333. The lowest BCUT2D eigenvalue weighted by atomic mass is 10.0. The van der Waals surface area contributed by atoms with Gasteiger partial charge in [0, 0.05) is 6.20 Å². The molecule has 1 aliphatic rings. The van der Waals surface area contributed by atoms with Crippen molar-refractivity contribution in [2.24, 2.45) is 0 Å². The number of fused-ring (bicyclic) bond motifs is 1. The number of pyridine rings is 1. The second-order valence-corrected chi connectivity index (χ2v) is 2.89. The Bertz CT molecular complexity index is 349. The van der Waals surface area contributed by atoms with Gasteiger partial charge in [0.15, 0.2) is 0 Å². The molecule has 0 amide bonds. The van der Waals surface area contributed by atoms with Crippen LogP contribution in [-0.2, 0) is 17.8 Å². The first-order chi connectivity index (χ1) is 6.29. The van der Waals surface area contributed by atoms with E-state index in [4.69, 9.17) is 9.84 Å². The SMILES string of the molecule is O=C(O)c1ccnc2c1CCOC2. The summed E-state index contributed by atoms with van der Waals surface area (Å²) < 4.78 is 5.18. The third-order valence-corrected chi connectivity index (χ3v) is 2.11. The van der Waals surface area contributed by atoms with Crippen LogP contribution in [-0.4, -0.2) is 22.7 Å². The van der Waals surface area contributed by atoms with Crippen LogP contribution in [0.2, 0.25) is 0 Å². The Balaban J connectivity index is 2.52. The second kappa shape index (κ2) is 3.14. The van der Waals surface area contributed by atoms with Crippen molar-refractivity contribution < 1.29 is 14.6 Å². The van der Waals surface area contributed by atoms with Crippen molar-refractivity contribution in [2.45, 2.75) is 13.0 Å². The molecule has 4 nitrogen and oxygen atoms in total. The molecule has 1 aliphatic heterocycles. The quantitative estimate of drug-likeness (QED) is 0.694. The van der Waals surface area contributed by atoms with Crippen LogP contribution in [0.1, 0.15) is 21.6 Å². The Morgan fingerprint density at radius 3 is 3.23 bits per heavy atom. The largest absolute Gasteiger partial charge is 0.478 e. The van der Waals surface area contributed by atoms with E-state index in [1.165, 1.54) is 12.3 Å². The molecule has 1 aromatic rings. The fourth-order valence-electron chi connectivity index (χ4n) is 1.48. The summed E-state index contributed by atoms with van der Waals surface area (Å²) >= 11 is 0. The minimum atomic E-state index is -0.888. The normalized spacial score (nSPS) is 15.1. The maximum atomic E-state index is 10.8. The number of rotatable bonds is 1. The van der Waals surface area contributed by atoms with Gasteiger partial charge in [0.1, 0.15) is 0 Å². The van der Waals surface area contributed by atoms with E-state index in [0.29, 0.717) is 25.2 Å². The molecule has 13 heavy (non-hydrogen) atoms. The number of ether oxygens (including phenoxy) is 1. The van der Waals surface area contributed by atoms with Gasteiger partial charge in [0.2, 0.25) is 0 Å². The van der Waals surface area contributed by atoms with Crippen LogP contribution < -0.4 is 0 Å². The Morgan fingerprint density at radius 2 is 2.46 bits per heavy atom. The van der Waals surface area contributed by atoms with Crippen molar-refractivity contribution >= 4 is 5.97 Å². The number of carbonyl (C=O) groups is 1. The van der Waals surface area contributed by atoms with E-state index in [1.807, 2.05) is 0 Å². The molecular weight excluding hydrogens is 170 g/mol. The lowest BCUT2D eigenvalue weighted by Crippen LogP contribution is -2.16. The second-order valence-electron chi connectivity index (χ2n) is 2.89. The third-order valence-electron chi connectivity index (χ3n) is 2.11. The molecule has 0 saturated carbocycles. The highest BCUT2D eigenvalue weighted by Gasteiger charge is 2.17. The zero-order valence-corrected chi connectivity index (χ0v) is 6.99. The van der Waals surface area contributed by atoms with Crippen LogP contribution >= 0.6 is 0 Å². The zero-order chi connectivity index (χ0) is 9.26. The summed E-state index contributed by atoms with van der Waals surface area (Å²) in [7, 11) is 0. The Labute approximate surface area is 75.2 Å². The molecule has 0 spiro atoms. The highest BCUT2D eigenvalue weighted by molar-refractivity contribution is 5.89. The molecule has 1 aromatic heterocycles. The molecule has 2 rings (SSSR count). The summed E-state index contributed by atoms with van der Waals surface area (Å²) in [5.74, 6) is -0.888. The van der Waals surface area contributed by atoms with Crippen molar-refractivity contribution in [3.05, 3.63) is 29.1 Å². The van der Waals surface area contributed by atoms with Crippen LogP contribution in [0.5, 0.6) is 0 Å². The van der Waals surface area contributed by atoms with Gasteiger partial charge in [0.25, 0.3) is 0 Å². The summed E-state index contributed by atoms with van der Waals surface area (Å²) in [5, 5.41) is 8.87. The van der Waals surface area contributed by atoms with Crippen LogP contribution in [0.25, 0.3) is 0 Å². The van der Waals surface area contributed by atoms with Gasteiger partial charge < -0.3 is 9.84 Å². The van der Waals surface area contributed by atoms with Gasteiger partial charge in [-0.25, -0.2) is 4.79 Å². The van der Waals surface area contributed by atoms with E-state index < -0.39 is 5.97 Å². The molecule has 0 aliphatic carbocycles. The first-order valence-corrected chi connectivity index (χ1v) is 4.07. The molecule has 0 radical (unpaired) electrons. The highest BCUT2D eigenvalue weighted by Crippen LogP contribution is 2.18. The van der Waals surface area contributed by atoms with E-state index in [1.54, 1.807) is 0 Å². The van der Waals surface area contributed by atoms with Gasteiger partial charge in [-0.05, 0) is 18.1 Å². The Kier molecular flexibility index (Phi) is 1.98. The monoisotopic (exact) mass is 179 g/mol. The predicted octanol–water partition coefficient (Wildman–Crippen LogP) is 0.853. The predicted molar refractivity (Wildman–Crippen MR) is 44.6 cm³/mol. The van der Waals surface area contributed by atoms with E-state index in [0.717, 1.165) is 11.3 Å².